The number of para-hydroxylation sites is 1. The molecule has 1 aliphatic heterocycles. The van der Waals surface area contributed by atoms with E-state index >= 15 is 0 Å². The molecular formula is C25H27N5O2. The number of nitrogens with zero attached hydrogens (tertiary/aromatic N) is 3. The molecular weight excluding hydrogens is 402 g/mol. The van der Waals surface area contributed by atoms with Crippen molar-refractivity contribution in [3.05, 3.63) is 73.6 Å². The highest BCUT2D eigenvalue weighted by atomic mass is 16.5. The van der Waals surface area contributed by atoms with Crippen LogP contribution in [0.15, 0.2) is 73.6 Å². The molecule has 7 heteroatoms. The number of nitrogen functional groups attached to an aromatic ring is 1. The highest BCUT2D eigenvalue weighted by Crippen LogP contribution is 2.33. The third-order valence-corrected chi connectivity index (χ3v) is 5.50. The lowest BCUT2D eigenvalue weighted by molar-refractivity contribution is -0.126. The van der Waals surface area contributed by atoms with Crippen LogP contribution in [0, 0.1) is 0 Å². The topological polar surface area (TPSA) is 93.4 Å². The molecule has 3 aromatic rings. The molecule has 3 N–H and O–H groups in total. The minimum absolute atomic E-state index is 0.0462. The van der Waals surface area contributed by atoms with E-state index in [1.807, 2.05) is 59.5 Å². The van der Waals surface area contributed by atoms with E-state index < -0.39 is 0 Å². The van der Waals surface area contributed by atoms with Crippen LogP contribution < -0.4 is 15.8 Å². The molecule has 1 amide bonds. The third kappa shape index (κ3) is 5.06. The number of ether oxygens (including phenoxy) is 1. The molecule has 0 bridgehead atoms. The molecule has 1 saturated heterocycles. The van der Waals surface area contributed by atoms with Crippen molar-refractivity contribution in [1.82, 2.24) is 14.9 Å². The highest BCUT2D eigenvalue weighted by Gasteiger charge is 2.22. The van der Waals surface area contributed by atoms with Gasteiger partial charge >= 0.3 is 0 Å². The maximum Gasteiger partial charge on any atom is 0.246 e. The number of nitrogens with one attached hydrogen (secondary N) is 1. The summed E-state index contributed by atoms with van der Waals surface area (Å²) in [4.78, 5) is 22.6. The second-order valence-electron chi connectivity index (χ2n) is 7.75. The Balaban J connectivity index is 1.55. The number of carbonyl (C=O) groups excluding carboxylic acids is 1. The van der Waals surface area contributed by atoms with Gasteiger partial charge in [0.05, 0.1) is 5.56 Å². The Kier molecular flexibility index (Phi) is 6.65. The van der Waals surface area contributed by atoms with Crippen LogP contribution in [0.4, 0.5) is 11.6 Å². The summed E-state index contributed by atoms with van der Waals surface area (Å²) in [5.41, 5.74) is 7.88. The second-order valence-corrected chi connectivity index (χ2v) is 7.75. The fourth-order valence-electron chi connectivity index (χ4n) is 3.89. The second kappa shape index (κ2) is 9.96. The molecule has 0 saturated carbocycles. The first-order chi connectivity index (χ1) is 15.6. The minimum atomic E-state index is -0.0462. The quantitative estimate of drug-likeness (QED) is 0.561. The highest BCUT2D eigenvalue weighted by molar-refractivity contribution is 5.87. The average molecular weight is 430 g/mol. The summed E-state index contributed by atoms with van der Waals surface area (Å²) in [6.45, 7) is 4.95. The van der Waals surface area contributed by atoms with Crippen molar-refractivity contribution in [3.63, 3.8) is 0 Å². The molecule has 0 spiro atoms. The van der Waals surface area contributed by atoms with Crippen molar-refractivity contribution in [2.45, 2.75) is 25.3 Å². The SMILES string of the molecule is C=CC(=O)N1CCCC[C@@H](Nc2ncnc(N)c2-c2ccc(Oc3ccccc3)cc2)C1. The van der Waals surface area contributed by atoms with Gasteiger partial charge in [-0.25, -0.2) is 9.97 Å². The average Bonchev–Trinajstić information content (AvgIpc) is 3.06. The van der Waals surface area contributed by atoms with Crippen molar-refractivity contribution in [3.8, 4) is 22.6 Å². The molecule has 164 valence electrons. The molecule has 32 heavy (non-hydrogen) atoms. The van der Waals surface area contributed by atoms with Crippen molar-refractivity contribution >= 4 is 17.5 Å². The summed E-state index contributed by atoms with van der Waals surface area (Å²) in [7, 11) is 0. The number of benzene rings is 2. The van der Waals surface area contributed by atoms with Crippen molar-refractivity contribution in [2.75, 3.05) is 24.1 Å². The van der Waals surface area contributed by atoms with Crippen LogP contribution in [-0.2, 0) is 4.79 Å². The van der Waals surface area contributed by atoms with Gasteiger partial charge in [0.15, 0.2) is 0 Å². The zero-order valence-corrected chi connectivity index (χ0v) is 17.9. The predicted molar refractivity (Wildman–Crippen MR) is 126 cm³/mol. The third-order valence-electron chi connectivity index (χ3n) is 5.50. The summed E-state index contributed by atoms with van der Waals surface area (Å²) in [6, 6.07) is 17.4. The van der Waals surface area contributed by atoms with Crippen LogP contribution in [0.5, 0.6) is 11.5 Å². The summed E-state index contributed by atoms with van der Waals surface area (Å²) in [6.07, 6.45) is 5.76. The van der Waals surface area contributed by atoms with Crippen molar-refractivity contribution < 1.29 is 9.53 Å². The van der Waals surface area contributed by atoms with Crippen LogP contribution >= 0.6 is 0 Å². The first kappa shape index (κ1) is 21.4. The van der Waals surface area contributed by atoms with Crippen molar-refractivity contribution in [2.24, 2.45) is 0 Å². The van der Waals surface area contributed by atoms with E-state index in [-0.39, 0.29) is 11.9 Å². The number of hydrogen-bond acceptors (Lipinski definition) is 6. The van der Waals surface area contributed by atoms with Gasteiger partial charge in [-0.1, -0.05) is 36.9 Å². The lowest BCUT2D eigenvalue weighted by Gasteiger charge is -2.25. The molecule has 1 atom stereocenters. The number of likely N-dealkylation sites (tertiary alicyclic amines) is 1. The zero-order chi connectivity index (χ0) is 22.3. The summed E-state index contributed by atoms with van der Waals surface area (Å²) >= 11 is 0. The Morgan fingerprint density at radius 3 is 2.59 bits per heavy atom. The molecule has 0 aliphatic carbocycles. The van der Waals surface area contributed by atoms with Gasteiger partial charge in [0, 0.05) is 19.1 Å². The smallest absolute Gasteiger partial charge is 0.246 e. The lowest BCUT2D eigenvalue weighted by atomic mass is 10.1. The van der Waals surface area contributed by atoms with E-state index in [2.05, 4.69) is 21.9 Å². The fourth-order valence-corrected chi connectivity index (χ4v) is 3.89. The molecule has 1 fully saturated rings. The van der Waals surface area contributed by atoms with Gasteiger partial charge in [-0.15, -0.1) is 0 Å². The number of anilines is 2. The first-order valence-corrected chi connectivity index (χ1v) is 10.8. The Morgan fingerprint density at radius 2 is 1.84 bits per heavy atom. The van der Waals surface area contributed by atoms with E-state index in [1.165, 1.54) is 12.4 Å². The molecule has 2 heterocycles. The van der Waals surface area contributed by atoms with Gasteiger partial charge in [-0.3, -0.25) is 4.79 Å². The van der Waals surface area contributed by atoms with Gasteiger partial charge in [0.1, 0.15) is 29.5 Å². The predicted octanol–water partition coefficient (Wildman–Crippen LogP) is 4.50. The zero-order valence-electron chi connectivity index (χ0n) is 17.9. The maximum absolute atomic E-state index is 12.1. The molecule has 4 rings (SSSR count). The Hall–Kier alpha value is -3.87. The van der Waals surface area contributed by atoms with Gasteiger partial charge < -0.3 is 20.7 Å². The molecule has 2 aromatic carbocycles. The van der Waals surface area contributed by atoms with Gasteiger partial charge in [-0.05, 0) is 55.2 Å². The summed E-state index contributed by atoms with van der Waals surface area (Å²) in [5.74, 6) is 2.51. The molecule has 0 unspecified atom stereocenters. The van der Waals surface area contributed by atoms with Crippen molar-refractivity contribution in [1.29, 1.82) is 0 Å². The normalized spacial score (nSPS) is 16.1. The first-order valence-electron chi connectivity index (χ1n) is 10.8. The number of rotatable bonds is 6. The lowest BCUT2D eigenvalue weighted by Crippen LogP contribution is -2.38. The Bertz CT molecular complexity index is 1070. The summed E-state index contributed by atoms with van der Waals surface area (Å²) in [5, 5.41) is 3.50. The molecule has 1 aliphatic rings. The monoisotopic (exact) mass is 429 g/mol. The van der Waals surface area contributed by atoms with Gasteiger partial charge in [-0.2, -0.15) is 0 Å². The minimum Gasteiger partial charge on any atom is -0.457 e. The number of amides is 1. The van der Waals surface area contributed by atoms with Crippen LogP contribution in [0.25, 0.3) is 11.1 Å². The Labute approximate surface area is 187 Å². The maximum atomic E-state index is 12.1. The van der Waals surface area contributed by atoms with Crippen LogP contribution in [0.3, 0.4) is 0 Å². The Morgan fingerprint density at radius 1 is 1.09 bits per heavy atom. The van der Waals surface area contributed by atoms with Crippen LogP contribution in [-0.4, -0.2) is 39.9 Å². The summed E-state index contributed by atoms with van der Waals surface area (Å²) < 4.78 is 5.89. The molecule has 0 radical (unpaired) electrons. The largest absolute Gasteiger partial charge is 0.457 e. The van der Waals surface area contributed by atoms with Crippen LogP contribution in [0.1, 0.15) is 19.3 Å². The molecule has 7 nitrogen and oxygen atoms in total. The van der Waals surface area contributed by atoms with Gasteiger partial charge in [0.2, 0.25) is 5.91 Å². The number of nitrogens with two attached hydrogens (primary N) is 1. The van der Waals surface area contributed by atoms with E-state index in [0.29, 0.717) is 18.2 Å². The fraction of sp³-hybridized carbons (Fsp3) is 0.240. The number of carbonyl (C=O) groups is 1. The van der Waals surface area contributed by atoms with Gasteiger partial charge in [0.25, 0.3) is 0 Å². The van der Waals surface area contributed by atoms with E-state index in [1.54, 1.807) is 0 Å². The van der Waals surface area contributed by atoms with E-state index in [4.69, 9.17) is 10.5 Å². The van der Waals surface area contributed by atoms with Crippen LogP contribution in [0.2, 0.25) is 0 Å². The molecule has 1 aromatic heterocycles. The standard InChI is InChI=1S/C25H27N5O2/c1-2-22(31)30-15-7-6-8-19(16-30)29-25-23(24(26)27-17-28-25)18-11-13-21(14-12-18)32-20-9-4-3-5-10-20/h2-5,9-14,17,19H,1,6-8,15-16H2,(H3,26,27,28,29)/t19-/m1/s1. The van der Waals surface area contributed by atoms with E-state index in [9.17, 15) is 4.79 Å². The van der Waals surface area contributed by atoms with E-state index in [0.717, 1.165) is 48.4 Å². The number of aromatic nitrogens is 2. The number of hydrogen-bond donors (Lipinski definition) is 2.